The number of rotatable bonds is 4. The molecule has 0 unspecified atom stereocenters. The van der Waals surface area contributed by atoms with Gasteiger partial charge in [0.05, 0.1) is 17.2 Å². The summed E-state index contributed by atoms with van der Waals surface area (Å²) in [7, 11) is 1.52. The van der Waals surface area contributed by atoms with Gasteiger partial charge in [-0.15, -0.1) is 0 Å². The molecule has 0 bridgehead atoms. The Kier molecular flexibility index (Phi) is 5.28. The van der Waals surface area contributed by atoms with Gasteiger partial charge in [0.25, 0.3) is 0 Å². The molecule has 0 amide bonds. The number of halogens is 4. The smallest absolute Gasteiger partial charge is 0.145 e. The number of hydrogen-bond acceptors (Lipinski definition) is 2. The Hall–Kier alpha value is -0.800. The molecule has 0 atom stereocenters. The number of methoxy groups -OCH3 is 1. The summed E-state index contributed by atoms with van der Waals surface area (Å²) in [4.78, 5) is 0. The third kappa shape index (κ3) is 3.26. The normalized spacial score (nSPS) is 10.4. The van der Waals surface area contributed by atoms with Crippen molar-refractivity contribution < 1.29 is 9.47 Å². The van der Waals surface area contributed by atoms with Crippen molar-refractivity contribution in [1.82, 2.24) is 0 Å². The van der Waals surface area contributed by atoms with E-state index in [1.807, 2.05) is 0 Å². The lowest BCUT2D eigenvalue weighted by Crippen LogP contribution is -2.00. The molecule has 0 aliphatic heterocycles. The van der Waals surface area contributed by atoms with Gasteiger partial charge in [0, 0.05) is 5.56 Å². The first kappa shape index (κ1) is 15.6. The van der Waals surface area contributed by atoms with Crippen LogP contribution in [0.15, 0.2) is 30.3 Å². The van der Waals surface area contributed by atoms with Gasteiger partial charge in [0.15, 0.2) is 0 Å². The second-order valence-electron chi connectivity index (χ2n) is 3.89. The highest BCUT2D eigenvalue weighted by Crippen LogP contribution is 2.37. The van der Waals surface area contributed by atoms with E-state index in [-0.39, 0.29) is 6.61 Å². The molecule has 0 N–H and O–H groups in total. The van der Waals surface area contributed by atoms with Crippen LogP contribution in [0.1, 0.15) is 5.56 Å². The average molecular weight is 352 g/mol. The first-order chi connectivity index (χ1) is 9.54. The highest BCUT2D eigenvalue weighted by Gasteiger charge is 2.13. The Morgan fingerprint density at radius 3 is 2.30 bits per heavy atom. The van der Waals surface area contributed by atoms with Crippen molar-refractivity contribution in [1.29, 1.82) is 0 Å². The van der Waals surface area contributed by atoms with Gasteiger partial charge in [-0.25, -0.2) is 0 Å². The molecular formula is C14H10Cl4O2. The zero-order valence-electron chi connectivity index (χ0n) is 10.4. The van der Waals surface area contributed by atoms with Crippen LogP contribution in [-0.4, -0.2) is 7.11 Å². The van der Waals surface area contributed by atoms with E-state index >= 15 is 0 Å². The van der Waals surface area contributed by atoms with E-state index < -0.39 is 0 Å². The summed E-state index contributed by atoms with van der Waals surface area (Å²) >= 11 is 24.0. The molecule has 106 valence electrons. The van der Waals surface area contributed by atoms with E-state index in [2.05, 4.69) is 0 Å². The molecular weight excluding hydrogens is 342 g/mol. The third-order valence-electron chi connectivity index (χ3n) is 2.63. The molecule has 0 radical (unpaired) electrons. The first-order valence-electron chi connectivity index (χ1n) is 5.62. The molecule has 2 aromatic rings. The van der Waals surface area contributed by atoms with Gasteiger partial charge in [-0.2, -0.15) is 0 Å². The lowest BCUT2D eigenvalue weighted by Gasteiger charge is -2.13. The number of hydrogen-bond donors (Lipinski definition) is 0. The molecule has 2 nitrogen and oxygen atoms in total. The highest BCUT2D eigenvalue weighted by atomic mass is 35.5. The van der Waals surface area contributed by atoms with Crippen molar-refractivity contribution in [2.24, 2.45) is 0 Å². The summed E-state index contributed by atoms with van der Waals surface area (Å²) < 4.78 is 10.9. The molecule has 0 fully saturated rings. The Morgan fingerprint density at radius 1 is 0.900 bits per heavy atom. The Balaban J connectivity index is 2.23. The molecule has 0 aliphatic rings. The van der Waals surface area contributed by atoms with Crippen LogP contribution >= 0.6 is 46.4 Å². The minimum atomic E-state index is 0.236. The number of ether oxygens (including phenoxy) is 2. The first-order valence-corrected chi connectivity index (χ1v) is 7.13. The van der Waals surface area contributed by atoms with E-state index in [1.54, 1.807) is 30.3 Å². The number of benzene rings is 2. The van der Waals surface area contributed by atoms with Gasteiger partial charge in [-0.05, 0) is 18.2 Å². The molecule has 6 heteroatoms. The Labute approximate surface area is 137 Å². The summed E-state index contributed by atoms with van der Waals surface area (Å²) in [5, 5.41) is 1.58. The molecule has 0 saturated heterocycles. The van der Waals surface area contributed by atoms with Gasteiger partial charge in [-0.1, -0.05) is 58.5 Å². The zero-order valence-corrected chi connectivity index (χ0v) is 13.4. The molecule has 2 aromatic carbocycles. The lowest BCUT2D eigenvalue weighted by atomic mass is 10.2. The molecule has 0 aromatic heterocycles. The van der Waals surface area contributed by atoms with Gasteiger partial charge >= 0.3 is 0 Å². The van der Waals surface area contributed by atoms with Crippen molar-refractivity contribution >= 4 is 46.4 Å². The van der Waals surface area contributed by atoms with Crippen molar-refractivity contribution in [3.8, 4) is 11.5 Å². The lowest BCUT2D eigenvalue weighted by molar-refractivity contribution is 0.297. The van der Waals surface area contributed by atoms with Gasteiger partial charge in [-0.3, -0.25) is 0 Å². The molecule has 20 heavy (non-hydrogen) atoms. The fraction of sp³-hybridized carbons (Fsp3) is 0.143. The largest absolute Gasteiger partial charge is 0.495 e. The zero-order chi connectivity index (χ0) is 14.7. The van der Waals surface area contributed by atoms with E-state index in [4.69, 9.17) is 55.9 Å². The second-order valence-corrected chi connectivity index (χ2v) is 5.46. The summed E-state index contributed by atoms with van der Waals surface area (Å²) in [6, 6.07) is 8.65. The monoisotopic (exact) mass is 350 g/mol. The predicted octanol–water partition coefficient (Wildman–Crippen LogP) is 5.89. The average Bonchev–Trinajstić information content (AvgIpc) is 2.44. The van der Waals surface area contributed by atoms with E-state index in [0.717, 1.165) is 5.56 Å². The molecule has 0 spiro atoms. The minimum absolute atomic E-state index is 0.236. The van der Waals surface area contributed by atoms with Gasteiger partial charge < -0.3 is 9.47 Å². The standard InChI is InChI=1S/C14H10Cl4O2/c1-19-14-8(5-6-10(16)13(14)18)7-20-11-4-2-3-9(15)12(11)17/h2-6H,7H2,1H3. The molecule has 0 heterocycles. The highest BCUT2D eigenvalue weighted by molar-refractivity contribution is 6.43. The van der Waals surface area contributed by atoms with Crippen LogP contribution in [0, 0.1) is 0 Å². The summed E-state index contributed by atoms with van der Waals surface area (Å²) in [5.74, 6) is 0.976. The van der Waals surface area contributed by atoms with Crippen LogP contribution < -0.4 is 9.47 Å². The third-order valence-corrected chi connectivity index (χ3v) is 4.22. The fourth-order valence-electron chi connectivity index (χ4n) is 1.66. The van der Waals surface area contributed by atoms with Crippen molar-refractivity contribution in [2.45, 2.75) is 6.61 Å². The molecule has 0 aliphatic carbocycles. The van der Waals surface area contributed by atoms with Crippen molar-refractivity contribution in [3.63, 3.8) is 0 Å². The van der Waals surface area contributed by atoms with Crippen LogP contribution in [0.5, 0.6) is 11.5 Å². The quantitative estimate of drug-likeness (QED) is 0.683. The maximum atomic E-state index is 6.08. The van der Waals surface area contributed by atoms with Gasteiger partial charge in [0.1, 0.15) is 28.2 Å². The maximum absolute atomic E-state index is 6.08. The summed E-state index contributed by atoms with van der Waals surface area (Å²) in [5.41, 5.74) is 0.762. The molecule has 0 saturated carbocycles. The van der Waals surface area contributed by atoms with E-state index in [1.165, 1.54) is 7.11 Å². The van der Waals surface area contributed by atoms with E-state index in [9.17, 15) is 0 Å². The van der Waals surface area contributed by atoms with Crippen LogP contribution in [0.2, 0.25) is 20.1 Å². The Morgan fingerprint density at radius 2 is 1.60 bits per heavy atom. The van der Waals surface area contributed by atoms with Crippen molar-refractivity contribution in [3.05, 3.63) is 56.0 Å². The SMILES string of the molecule is COc1c(COc2cccc(Cl)c2Cl)ccc(Cl)c1Cl. The summed E-state index contributed by atoms with van der Waals surface area (Å²) in [6.45, 7) is 0.236. The Bertz CT molecular complexity index is 629. The minimum Gasteiger partial charge on any atom is -0.495 e. The van der Waals surface area contributed by atoms with Crippen LogP contribution in [0.3, 0.4) is 0 Å². The van der Waals surface area contributed by atoms with Crippen LogP contribution in [0.4, 0.5) is 0 Å². The second kappa shape index (κ2) is 6.77. The van der Waals surface area contributed by atoms with Crippen LogP contribution in [0.25, 0.3) is 0 Å². The van der Waals surface area contributed by atoms with Gasteiger partial charge in [0.2, 0.25) is 0 Å². The maximum Gasteiger partial charge on any atom is 0.145 e. The van der Waals surface area contributed by atoms with Crippen molar-refractivity contribution in [2.75, 3.05) is 7.11 Å². The van der Waals surface area contributed by atoms with E-state index in [0.29, 0.717) is 31.6 Å². The predicted molar refractivity (Wildman–Crippen MR) is 83.8 cm³/mol. The summed E-state index contributed by atoms with van der Waals surface area (Å²) in [6.07, 6.45) is 0. The fourth-order valence-corrected chi connectivity index (χ4v) is 2.41. The van der Waals surface area contributed by atoms with Crippen LogP contribution in [-0.2, 0) is 6.61 Å². The molecule has 2 rings (SSSR count). The topological polar surface area (TPSA) is 18.5 Å².